The second-order valence-electron chi connectivity index (χ2n) is 4.09. The van der Waals surface area contributed by atoms with Gasteiger partial charge in [0.1, 0.15) is 0 Å². The minimum absolute atomic E-state index is 0.282. The highest BCUT2D eigenvalue weighted by Crippen LogP contribution is 2.26. The molecular weight excluding hydrogens is 136 g/mol. The highest BCUT2D eigenvalue weighted by atomic mass is 15.3. The zero-order chi connectivity index (χ0) is 8.32. The molecule has 0 bridgehead atoms. The van der Waals surface area contributed by atoms with E-state index < -0.39 is 0 Å². The Bertz CT molecular complexity index is 150. The van der Waals surface area contributed by atoms with Crippen LogP contribution >= 0.6 is 0 Å². The third-order valence-electron chi connectivity index (χ3n) is 2.28. The second kappa shape index (κ2) is 3.24. The van der Waals surface area contributed by atoms with Crippen molar-refractivity contribution in [2.75, 3.05) is 6.54 Å². The molecule has 1 rings (SSSR count). The van der Waals surface area contributed by atoms with Crippen LogP contribution in [0.2, 0.25) is 0 Å². The van der Waals surface area contributed by atoms with Gasteiger partial charge in [-0.2, -0.15) is 5.10 Å². The van der Waals surface area contributed by atoms with Gasteiger partial charge in [0, 0.05) is 18.2 Å². The summed E-state index contributed by atoms with van der Waals surface area (Å²) in [6.45, 7) is 7.77. The molecule has 0 aliphatic carbocycles. The van der Waals surface area contributed by atoms with Crippen molar-refractivity contribution in [3.63, 3.8) is 0 Å². The van der Waals surface area contributed by atoms with Crippen LogP contribution in [0, 0.1) is 11.3 Å². The van der Waals surface area contributed by atoms with Gasteiger partial charge >= 0.3 is 0 Å². The number of hydrogen-bond donors (Lipinski definition) is 1. The smallest absolute Gasteiger partial charge is 0.0358 e. The van der Waals surface area contributed by atoms with Crippen LogP contribution < -0.4 is 5.43 Å². The van der Waals surface area contributed by atoms with Gasteiger partial charge in [-0.25, -0.2) is 0 Å². The van der Waals surface area contributed by atoms with Gasteiger partial charge in [-0.05, 0) is 12.3 Å². The summed E-state index contributed by atoms with van der Waals surface area (Å²) in [6.07, 6.45) is 4.53. The second-order valence-corrected chi connectivity index (χ2v) is 4.09. The lowest BCUT2D eigenvalue weighted by Gasteiger charge is -2.21. The first kappa shape index (κ1) is 8.57. The number of rotatable bonds is 1. The molecule has 11 heavy (non-hydrogen) atoms. The summed E-state index contributed by atoms with van der Waals surface area (Å²) in [5.41, 5.74) is 3.36. The lowest BCUT2D eigenvalue weighted by molar-refractivity contribution is 0.355. The van der Waals surface area contributed by atoms with E-state index >= 15 is 0 Å². The van der Waals surface area contributed by atoms with Crippen molar-refractivity contribution in [2.45, 2.75) is 33.6 Å². The summed E-state index contributed by atoms with van der Waals surface area (Å²) >= 11 is 0. The highest BCUT2D eigenvalue weighted by Gasteiger charge is 2.22. The summed E-state index contributed by atoms with van der Waals surface area (Å²) in [6, 6.07) is 0. The Morgan fingerprint density at radius 1 is 1.64 bits per heavy atom. The first-order valence-corrected chi connectivity index (χ1v) is 4.41. The van der Waals surface area contributed by atoms with Gasteiger partial charge < -0.3 is 5.43 Å². The van der Waals surface area contributed by atoms with Gasteiger partial charge in [-0.15, -0.1) is 0 Å². The SMILES string of the molecule is CCC1CNN=CC(C)(C)C1. The predicted octanol–water partition coefficient (Wildman–Crippen LogP) is 2.02. The van der Waals surface area contributed by atoms with Gasteiger partial charge in [0.25, 0.3) is 0 Å². The first-order chi connectivity index (χ1) is 5.14. The number of hydrazone groups is 1. The third kappa shape index (κ3) is 2.52. The predicted molar refractivity (Wildman–Crippen MR) is 48.7 cm³/mol. The van der Waals surface area contributed by atoms with Crippen molar-refractivity contribution in [3.05, 3.63) is 0 Å². The molecule has 1 N–H and O–H groups in total. The van der Waals surface area contributed by atoms with Gasteiger partial charge in [0.2, 0.25) is 0 Å². The van der Waals surface area contributed by atoms with Crippen molar-refractivity contribution in [3.8, 4) is 0 Å². The molecule has 0 aromatic rings. The van der Waals surface area contributed by atoms with Crippen LogP contribution in [0.15, 0.2) is 5.10 Å². The Balaban J connectivity index is 2.56. The molecule has 1 atom stereocenters. The van der Waals surface area contributed by atoms with Crippen molar-refractivity contribution in [1.82, 2.24) is 5.43 Å². The summed E-state index contributed by atoms with van der Waals surface area (Å²) in [5, 5.41) is 4.15. The van der Waals surface area contributed by atoms with Crippen LogP contribution in [-0.4, -0.2) is 12.8 Å². The molecule has 0 saturated heterocycles. The lowest BCUT2D eigenvalue weighted by atomic mass is 9.83. The fourth-order valence-corrected chi connectivity index (χ4v) is 1.56. The minimum Gasteiger partial charge on any atom is -0.310 e. The van der Waals surface area contributed by atoms with Crippen LogP contribution in [0.3, 0.4) is 0 Å². The quantitative estimate of drug-likeness (QED) is 0.614. The molecule has 1 aliphatic rings. The molecule has 0 fully saturated rings. The molecule has 64 valence electrons. The Hall–Kier alpha value is -0.530. The lowest BCUT2D eigenvalue weighted by Crippen LogP contribution is -2.19. The Morgan fingerprint density at radius 2 is 2.36 bits per heavy atom. The molecule has 0 aromatic heterocycles. The molecule has 0 spiro atoms. The van der Waals surface area contributed by atoms with Gasteiger partial charge in [-0.3, -0.25) is 0 Å². The molecule has 0 radical (unpaired) electrons. The summed E-state index contributed by atoms with van der Waals surface area (Å²) < 4.78 is 0. The fourth-order valence-electron chi connectivity index (χ4n) is 1.56. The molecule has 0 aromatic carbocycles. The van der Waals surface area contributed by atoms with Crippen molar-refractivity contribution in [1.29, 1.82) is 0 Å². The molecule has 1 unspecified atom stereocenters. The van der Waals surface area contributed by atoms with Crippen molar-refractivity contribution < 1.29 is 0 Å². The molecule has 1 heterocycles. The van der Waals surface area contributed by atoms with Crippen molar-refractivity contribution >= 4 is 6.21 Å². The van der Waals surface area contributed by atoms with E-state index in [2.05, 4.69) is 31.3 Å². The maximum atomic E-state index is 4.15. The van der Waals surface area contributed by atoms with E-state index in [1.54, 1.807) is 0 Å². The fraction of sp³-hybridized carbons (Fsp3) is 0.889. The summed E-state index contributed by atoms with van der Waals surface area (Å²) in [7, 11) is 0. The Labute approximate surface area is 69.1 Å². The van der Waals surface area contributed by atoms with E-state index in [1.165, 1.54) is 12.8 Å². The van der Waals surface area contributed by atoms with E-state index in [1.807, 2.05) is 6.21 Å². The van der Waals surface area contributed by atoms with Crippen LogP contribution in [0.5, 0.6) is 0 Å². The third-order valence-corrected chi connectivity index (χ3v) is 2.28. The average Bonchev–Trinajstić information content (AvgIpc) is 2.10. The Morgan fingerprint density at radius 3 is 3.00 bits per heavy atom. The highest BCUT2D eigenvalue weighted by molar-refractivity contribution is 5.64. The summed E-state index contributed by atoms with van der Waals surface area (Å²) in [5.74, 6) is 0.785. The molecule has 2 nitrogen and oxygen atoms in total. The van der Waals surface area contributed by atoms with E-state index in [-0.39, 0.29) is 5.41 Å². The van der Waals surface area contributed by atoms with Crippen LogP contribution in [-0.2, 0) is 0 Å². The molecule has 2 heteroatoms. The molecule has 1 aliphatic heterocycles. The molecular formula is C9H18N2. The standard InChI is InChI=1S/C9H18N2/c1-4-8-5-9(2,3)7-11-10-6-8/h7-8,10H,4-6H2,1-3H3. The Kier molecular flexibility index (Phi) is 2.53. The average molecular weight is 154 g/mol. The number of hydrogen-bond acceptors (Lipinski definition) is 2. The first-order valence-electron chi connectivity index (χ1n) is 4.41. The largest absolute Gasteiger partial charge is 0.310 e. The monoisotopic (exact) mass is 154 g/mol. The van der Waals surface area contributed by atoms with Gasteiger partial charge in [0.05, 0.1) is 0 Å². The molecule has 0 amide bonds. The van der Waals surface area contributed by atoms with E-state index in [0.29, 0.717) is 0 Å². The van der Waals surface area contributed by atoms with Gasteiger partial charge in [-0.1, -0.05) is 27.2 Å². The topological polar surface area (TPSA) is 24.4 Å². The summed E-state index contributed by atoms with van der Waals surface area (Å²) in [4.78, 5) is 0. The number of nitrogens with one attached hydrogen (secondary N) is 1. The normalized spacial score (nSPS) is 29.2. The van der Waals surface area contributed by atoms with Crippen LogP contribution in [0.1, 0.15) is 33.6 Å². The maximum Gasteiger partial charge on any atom is 0.0358 e. The van der Waals surface area contributed by atoms with E-state index in [4.69, 9.17) is 0 Å². The van der Waals surface area contributed by atoms with Crippen molar-refractivity contribution in [2.24, 2.45) is 16.4 Å². The zero-order valence-corrected chi connectivity index (χ0v) is 7.72. The van der Waals surface area contributed by atoms with E-state index in [0.717, 1.165) is 12.5 Å². The van der Waals surface area contributed by atoms with E-state index in [9.17, 15) is 0 Å². The maximum absolute atomic E-state index is 4.15. The molecule has 0 saturated carbocycles. The van der Waals surface area contributed by atoms with Crippen LogP contribution in [0.25, 0.3) is 0 Å². The van der Waals surface area contributed by atoms with Gasteiger partial charge in [0.15, 0.2) is 0 Å². The number of nitrogens with zero attached hydrogens (tertiary/aromatic N) is 1. The zero-order valence-electron chi connectivity index (χ0n) is 7.72. The van der Waals surface area contributed by atoms with Crippen LogP contribution in [0.4, 0.5) is 0 Å². The minimum atomic E-state index is 0.282.